The topological polar surface area (TPSA) is 120 Å². The van der Waals surface area contributed by atoms with Gasteiger partial charge in [-0.2, -0.15) is 5.10 Å². The number of nitrogens with zero attached hydrogens (tertiary/aromatic N) is 3. The maximum atomic E-state index is 11.1. The summed E-state index contributed by atoms with van der Waals surface area (Å²) in [5, 5.41) is 26.0. The van der Waals surface area contributed by atoms with Gasteiger partial charge in [0, 0.05) is 12.5 Å². The van der Waals surface area contributed by atoms with Crippen LogP contribution in [0.2, 0.25) is 0 Å². The van der Waals surface area contributed by atoms with Crippen molar-refractivity contribution in [2.24, 2.45) is 5.10 Å². The van der Waals surface area contributed by atoms with Crippen molar-refractivity contribution >= 4 is 22.8 Å². The monoisotopic (exact) mass is 322 g/mol. The Balaban J connectivity index is 2.32. The molecule has 0 spiro atoms. The van der Waals surface area contributed by atoms with Crippen molar-refractivity contribution in [1.82, 2.24) is 0 Å². The van der Waals surface area contributed by atoms with Crippen molar-refractivity contribution in [3.8, 4) is 0 Å². The minimum atomic E-state index is -0.685. The minimum Gasteiger partial charge on any atom is -0.363 e. The number of hydrazone groups is 1. The average molecular weight is 322 g/mol. The summed E-state index contributed by atoms with van der Waals surface area (Å²) in [6, 6.07) is 3.37. The molecule has 0 aliphatic carbocycles. The van der Waals surface area contributed by atoms with Crippen molar-refractivity contribution < 1.29 is 14.6 Å². The molecular formula is C14H18N4O5. The van der Waals surface area contributed by atoms with Crippen molar-refractivity contribution in [3.05, 3.63) is 38.4 Å². The van der Waals surface area contributed by atoms with Crippen LogP contribution >= 0.6 is 0 Å². The first kappa shape index (κ1) is 16.8. The van der Waals surface area contributed by atoms with Crippen LogP contribution in [-0.4, -0.2) is 26.8 Å². The zero-order valence-electron chi connectivity index (χ0n) is 13.3. The molecule has 1 heterocycles. The maximum Gasteiger partial charge on any atom is 0.301 e. The quantitative estimate of drug-likeness (QED) is 0.671. The van der Waals surface area contributed by atoms with Gasteiger partial charge in [0.1, 0.15) is 11.3 Å². The van der Waals surface area contributed by atoms with E-state index in [4.69, 9.17) is 4.74 Å². The third-order valence-corrected chi connectivity index (χ3v) is 3.52. The molecule has 0 unspecified atom stereocenters. The summed E-state index contributed by atoms with van der Waals surface area (Å²) in [4.78, 5) is 20.5. The molecule has 0 amide bonds. The lowest BCUT2D eigenvalue weighted by Crippen LogP contribution is -2.30. The smallest absolute Gasteiger partial charge is 0.301 e. The van der Waals surface area contributed by atoms with Crippen molar-refractivity contribution in [1.29, 1.82) is 0 Å². The Morgan fingerprint density at radius 2 is 1.83 bits per heavy atom. The minimum absolute atomic E-state index is 0.0913. The first-order chi connectivity index (χ1) is 10.5. The lowest BCUT2D eigenvalue weighted by atomic mass is 9.98. The van der Waals surface area contributed by atoms with Gasteiger partial charge in [0.05, 0.1) is 27.2 Å². The van der Waals surface area contributed by atoms with E-state index < -0.39 is 21.1 Å². The van der Waals surface area contributed by atoms with Gasteiger partial charge in [-0.1, -0.05) is 0 Å². The molecule has 1 aromatic carbocycles. The molecule has 2 rings (SSSR count). The van der Waals surface area contributed by atoms with Gasteiger partial charge >= 0.3 is 5.69 Å². The van der Waals surface area contributed by atoms with Crippen LogP contribution in [0.4, 0.5) is 17.1 Å². The zero-order chi connectivity index (χ0) is 17.4. The normalized spacial score (nSPS) is 20.4. The predicted molar refractivity (Wildman–Crippen MR) is 84.7 cm³/mol. The molecule has 1 saturated heterocycles. The molecular weight excluding hydrogens is 304 g/mol. The van der Waals surface area contributed by atoms with Gasteiger partial charge in [-0.15, -0.1) is 0 Å². The number of nitro benzene ring substituents is 2. The Morgan fingerprint density at radius 1 is 1.17 bits per heavy atom. The lowest BCUT2D eigenvalue weighted by Gasteiger charge is -2.23. The molecule has 9 nitrogen and oxygen atoms in total. The van der Waals surface area contributed by atoms with Crippen LogP contribution in [0.15, 0.2) is 23.3 Å². The van der Waals surface area contributed by atoms with Gasteiger partial charge in [0.2, 0.25) is 0 Å². The van der Waals surface area contributed by atoms with Crippen molar-refractivity contribution in [2.45, 2.75) is 45.3 Å². The summed E-state index contributed by atoms with van der Waals surface area (Å²) in [7, 11) is 0. The number of rotatable bonds is 4. The first-order valence-corrected chi connectivity index (χ1v) is 6.98. The highest BCUT2D eigenvalue weighted by Gasteiger charge is 2.43. The van der Waals surface area contributed by atoms with Gasteiger partial charge in [-0.05, 0) is 33.8 Å². The summed E-state index contributed by atoms with van der Waals surface area (Å²) in [6.07, 6.45) is 0.577. The second kappa shape index (κ2) is 5.58. The van der Waals surface area contributed by atoms with Crippen LogP contribution in [-0.2, 0) is 4.74 Å². The predicted octanol–water partition coefficient (Wildman–Crippen LogP) is 3.25. The number of benzene rings is 1. The fourth-order valence-electron chi connectivity index (χ4n) is 2.58. The van der Waals surface area contributed by atoms with Gasteiger partial charge in [0.25, 0.3) is 5.69 Å². The van der Waals surface area contributed by atoms with Gasteiger partial charge in [-0.3, -0.25) is 25.7 Å². The Labute approximate surface area is 132 Å². The third kappa shape index (κ3) is 3.62. The van der Waals surface area contributed by atoms with Crippen LogP contribution in [0.5, 0.6) is 0 Å². The fraction of sp³-hybridized carbons (Fsp3) is 0.500. The number of ether oxygens (including phenoxy) is 1. The van der Waals surface area contributed by atoms with Crippen molar-refractivity contribution in [2.75, 3.05) is 5.43 Å². The number of nitro groups is 2. The van der Waals surface area contributed by atoms with Gasteiger partial charge in [0.15, 0.2) is 0 Å². The van der Waals surface area contributed by atoms with E-state index in [2.05, 4.69) is 10.5 Å². The average Bonchev–Trinajstić information content (AvgIpc) is 2.63. The Morgan fingerprint density at radius 3 is 2.30 bits per heavy atom. The van der Waals surface area contributed by atoms with E-state index in [0.29, 0.717) is 6.42 Å². The molecule has 0 aromatic heterocycles. The molecule has 0 saturated carbocycles. The highest BCUT2D eigenvalue weighted by molar-refractivity contribution is 5.95. The highest BCUT2D eigenvalue weighted by Crippen LogP contribution is 2.35. The van der Waals surface area contributed by atoms with Crippen LogP contribution in [0.1, 0.15) is 34.1 Å². The maximum absolute atomic E-state index is 11.1. The summed E-state index contributed by atoms with van der Waals surface area (Å²) in [5.74, 6) is 0. The first-order valence-electron chi connectivity index (χ1n) is 6.98. The SMILES string of the molecule is CC1(C)C/C(=N/Nc2ccc([N+](=O)[O-])cc2[N+](=O)[O-])C(C)(C)O1. The van der Waals surface area contributed by atoms with E-state index in [9.17, 15) is 20.2 Å². The summed E-state index contributed by atoms with van der Waals surface area (Å²) in [6.45, 7) is 7.61. The fourth-order valence-corrected chi connectivity index (χ4v) is 2.58. The van der Waals surface area contributed by atoms with E-state index in [1.807, 2.05) is 27.7 Å². The lowest BCUT2D eigenvalue weighted by molar-refractivity contribution is -0.393. The summed E-state index contributed by atoms with van der Waals surface area (Å²) < 4.78 is 5.87. The van der Waals surface area contributed by atoms with E-state index in [1.165, 1.54) is 12.1 Å². The number of nitrogens with one attached hydrogen (secondary N) is 1. The second-order valence-electron chi connectivity index (χ2n) is 6.43. The molecule has 0 atom stereocenters. The molecule has 1 aliphatic rings. The summed E-state index contributed by atoms with van der Waals surface area (Å²) >= 11 is 0. The second-order valence-corrected chi connectivity index (χ2v) is 6.43. The molecule has 1 aliphatic heterocycles. The van der Waals surface area contributed by atoms with E-state index in [0.717, 1.165) is 11.8 Å². The summed E-state index contributed by atoms with van der Waals surface area (Å²) in [5.41, 5.74) is 1.74. The van der Waals surface area contributed by atoms with Gasteiger partial charge in [-0.25, -0.2) is 0 Å². The van der Waals surface area contributed by atoms with Crippen molar-refractivity contribution in [3.63, 3.8) is 0 Å². The number of anilines is 1. The van der Waals surface area contributed by atoms with Crippen LogP contribution in [0.3, 0.4) is 0 Å². The number of hydrogen-bond donors (Lipinski definition) is 1. The molecule has 0 radical (unpaired) electrons. The Kier molecular flexibility index (Phi) is 4.08. The molecule has 23 heavy (non-hydrogen) atoms. The van der Waals surface area contributed by atoms with Crippen LogP contribution in [0, 0.1) is 20.2 Å². The van der Waals surface area contributed by atoms with Crippen LogP contribution < -0.4 is 5.43 Å². The molecule has 9 heteroatoms. The van der Waals surface area contributed by atoms with Crippen LogP contribution in [0.25, 0.3) is 0 Å². The molecule has 1 aromatic rings. The largest absolute Gasteiger partial charge is 0.363 e. The number of hydrogen-bond acceptors (Lipinski definition) is 7. The third-order valence-electron chi connectivity index (χ3n) is 3.52. The van der Waals surface area contributed by atoms with E-state index in [-0.39, 0.29) is 17.0 Å². The van der Waals surface area contributed by atoms with Gasteiger partial charge < -0.3 is 4.74 Å². The Bertz CT molecular complexity index is 696. The zero-order valence-corrected chi connectivity index (χ0v) is 13.3. The molecule has 124 valence electrons. The molecule has 0 bridgehead atoms. The number of non-ortho nitro benzene ring substituents is 1. The highest BCUT2D eigenvalue weighted by atomic mass is 16.6. The molecule has 1 fully saturated rings. The Hall–Kier alpha value is -2.55. The molecule has 1 N–H and O–H groups in total. The standard InChI is InChI=1S/C14H18N4O5/c1-13(2)8-12(14(3,4)23-13)16-15-10-6-5-9(17(19)20)7-11(10)18(21)22/h5-7,15H,8H2,1-4H3/b16-12-. The van der Waals surface area contributed by atoms with E-state index in [1.54, 1.807) is 0 Å². The van der Waals surface area contributed by atoms with E-state index >= 15 is 0 Å².